The highest BCUT2D eigenvalue weighted by Crippen LogP contribution is 2.24. The molecule has 1 aliphatic heterocycles. The summed E-state index contributed by atoms with van der Waals surface area (Å²) in [6.07, 6.45) is 1.44. The Morgan fingerprint density at radius 3 is 2.40 bits per heavy atom. The quantitative estimate of drug-likeness (QED) is 0.460. The first-order chi connectivity index (χ1) is 11.6. The van der Waals surface area contributed by atoms with Crippen LogP contribution in [-0.4, -0.2) is 47.4 Å². The summed E-state index contributed by atoms with van der Waals surface area (Å²) in [6.45, 7) is 8.15. The van der Waals surface area contributed by atoms with Crippen LogP contribution in [0.25, 0.3) is 0 Å². The molecule has 0 atom stereocenters. The minimum Gasteiger partial charge on any atom is -0.457 e. The first-order valence-corrected chi connectivity index (χ1v) is 7.64. The number of amides is 2. The van der Waals surface area contributed by atoms with Crippen LogP contribution in [0.1, 0.15) is 51.8 Å². The smallest absolute Gasteiger partial charge is 0.344 e. The van der Waals surface area contributed by atoms with E-state index in [1.54, 1.807) is 20.8 Å². The van der Waals surface area contributed by atoms with Gasteiger partial charge in [0.2, 0.25) is 0 Å². The lowest BCUT2D eigenvalue weighted by atomic mass is 10.1. The molecule has 0 aromatic heterocycles. The second-order valence-electron chi connectivity index (χ2n) is 6.43. The third kappa shape index (κ3) is 4.12. The van der Waals surface area contributed by atoms with Gasteiger partial charge in [0.1, 0.15) is 5.60 Å². The van der Waals surface area contributed by atoms with Gasteiger partial charge in [-0.2, -0.15) is 0 Å². The predicted octanol–water partition coefficient (Wildman–Crippen LogP) is 1.97. The van der Waals surface area contributed by atoms with Crippen LogP contribution in [0.15, 0.2) is 30.9 Å². The van der Waals surface area contributed by atoms with Gasteiger partial charge in [-0.25, -0.2) is 9.59 Å². The maximum Gasteiger partial charge on any atom is 0.344 e. The van der Waals surface area contributed by atoms with E-state index in [1.165, 1.54) is 24.3 Å². The molecule has 1 aromatic rings. The molecule has 0 fully saturated rings. The molecule has 7 nitrogen and oxygen atoms in total. The molecule has 0 N–H and O–H groups in total. The van der Waals surface area contributed by atoms with Gasteiger partial charge in [0.15, 0.2) is 6.61 Å². The van der Waals surface area contributed by atoms with Crippen LogP contribution in [0.3, 0.4) is 0 Å². The molecule has 0 radical (unpaired) electrons. The molecular weight excluding hydrogens is 326 g/mol. The Kier molecular flexibility index (Phi) is 5.06. The van der Waals surface area contributed by atoms with Gasteiger partial charge in [-0.3, -0.25) is 14.5 Å². The fourth-order valence-corrected chi connectivity index (χ4v) is 2.29. The Morgan fingerprint density at radius 2 is 1.80 bits per heavy atom. The molecule has 132 valence electrons. The number of carbonyl (C=O) groups excluding carboxylic acids is 4. The lowest BCUT2D eigenvalue weighted by Gasteiger charge is -2.19. The van der Waals surface area contributed by atoms with Crippen molar-refractivity contribution in [1.82, 2.24) is 4.90 Å². The van der Waals surface area contributed by atoms with Gasteiger partial charge in [0.25, 0.3) is 11.8 Å². The topological polar surface area (TPSA) is 90.0 Å². The molecule has 0 aliphatic carbocycles. The van der Waals surface area contributed by atoms with Crippen LogP contribution in [0, 0.1) is 0 Å². The summed E-state index contributed by atoms with van der Waals surface area (Å²) in [5.41, 5.74) is -0.267. The lowest BCUT2D eigenvalue weighted by molar-refractivity contribution is -0.158. The summed E-state index contributed by atoms with van der Waals surface area (Å²) in [5, 5.41) is 0. The molecule has 0 unspecified atom stereocenters. The number of rotatable bonds is 5. The van der Waals surface area contributed by atoms with E-state index in [0.29, 0.717) is 0 Å². The average molecular weight is 345 g/mol. The van der Waals surface area contributed by atoms with E-state index in [4.69, 9.17) is 9.47 Å². The predicted molar refractivity (Wildman–Crippen MR) is 88.1 cm³/mol. The minimum atomic E-state index is -0.781. The Hall–Kier alpha value is -2.96. The number of hydrogen-bond acceptors (Lipinski definition) is 6. The molecule has 0 spiro atoms. The van der Waals surface area contributed by atoms with Gasteiger partial charge >= 0.3 is 11.9 Å². The fourth-order valence-electron chi connectivity index (χ4n) is 2.29. The van der Waals surface area contributed by atoms with Crippen LogP contribution in [0.2, 0.25) is 0 Å². The van der Waals surface area contributed by atoms with Crippen molar-refractivity contribution >= 4 is 23.8 Å². The summed E-state index contributed by atoms with van der Waals surface area (Å²) in [4.78, 5) is 49.0. The summed E-state index contributed by atoms with van der Waals surface area (Å²) in [7, 11) is 0. The number of fused-ring (bicyclic) bond motifs is 1. The Bertz CT molecular complexity index is 759. The third-order valence-electron chi connectivity index (χ3n) is 3.26. The highest BCUT2D eigenvalue weighted by atomic mass is 16.6. The van der Waals surface area contributed by atoms with E-state index in [9.17, 15) is 19.2 Å². The van der Waals surface area contributed by atoms with Crippen molar-refractivity contribution < 1.29 is 28.7 Å². The van der Waals surface area contributed by atoms with Crippen molar-refractivity contribution in [3.63, 3.8) is 0 Å². The summed E-state index contributed by atoms with van der Waals surface area (Å²) < 4.78 is 9.93. The zero-order chi connectivity index (χ0) is 18.8. The van der Waals surface area contributed by atoms with Gasteiger partial charge in [0, 0.05) is 6.54 Å². The number of imide groups is 1. The van der Waals surface area contributed by atoms with Crippen molar-refractivity contribution in [2.75, 3.05) is 13.2 Å². The number of carbonyl (C=O) groups is 4. The monoisotopic (exact) mass is 345 g/mol. The molecule has 0 bridgehead atoms. The first kappa shape index (κ1) is 18.4. The molecular formula is C18H19NO6. The molecule has 2 rings (SSSR count). The summed E-state index contributed by atoms with van der Waals surface area (Å²) >= 11 is 0. The van der Waals surface area contributed by atoms with Crippen LogP contribution in [0.5, 0.6) is 0 Å². The Balaban J connectivity index is 2.09. The Morgan fingerprint density at radius 1 is 1.16 bits per heavy atom. The molecule has 2 amide bonds. The van der Waals surface area contributed by atoms with Gasteiger partial charge in [0.05, 0.1) is 16.7 Å². The molecule has 1 aromatic carbocycles. The zero-order valence-electron chi connectivity index (χ0n) is 14.3. The number of hydrogen-bond donors (Lipinski definition) is 0. The van der Waals surface area contributed by atoms with E-state index in [1.807, 2.05) is 0 Å². The molecule has 25 heavy (non-hydrogen) atoms. The highest BCUT2D eigenvalue weighted by Gasteiger charge is 2.35. The van der Waals surface area contributed by atoms with Gasteiger partial charge in [-0.05, 0) is 39.0 Å². The highest BCUT2D eigenvalue weighted by molar-refractivity contribution is 6.22. The van der Waals surface area contributed by atoms with Crippen molar-refractivity contribution in [3.8, 4) is 0 Å². The minimum absolute atomic E-state index is 0.0731. The van der Waals surface area contributed by atoms with Gasteiger partial charge < -0.3 is 9.47 Å². The van der Waals surface area contributed by atoms with E-state index in [0.717, 1.165) is 4.90 Å². The maximum atomic E-state index is 12.2. The summed E-state index contributed by atoms with van der Waals surface area (Å²) in [5.74, 6) is -2.39. The number of ether oxygens (including phenoxy) is 2. The largest absolute Gasteiger partial charge is 0.457 e. The first-order valence-electron chi connectivity index (χ1n) is 7.64. The molecule has 0 saturated heterocycles. The number of esters is 2. The van der Waals surface area contributed by atoms with Crippen LogP contribution >= 0.6 is 0 Å². The van der Waals surface area contributed by atoms with Crippen molar-refractivity contribution in [2.45, 2.75) is 26.4 Å². The second kappa shape index (κ2) is 6.88. The fraction of sp³-hybridized carbons (Fsp3) is 0.333. The van der Waals surface area contributed by atoms with E-state index >= 15 is 0 Å². The normalized spacial score (nSPS) is 13.5. The molecule has 0 saturated carbocycles. The third-order valence-corrected chi connectivity index (χ3v) is 3.26. The number of nitrogens with zero attached hydrogens (tertiary/aromatic N) is 1. The zero-order valence-corrected chi connectivity index (χ0v) is 14.3. The lowest BCUT2D eigenvalue weighted by Crippen LogP contribution is -2.29. The van der Waals surface area contributed by atoms with Gasteiger partial charge in [-0.1, -0.05) is 6.08 Å². The van der Waals surface area contributed by atoms with Crippen LogP contribution in [-0.2, 0) is 14.3 Å². The average Bonchev–Trinajstić information content (AvgIpc) is 2.76. The maximum absolute atomic E-state index is 12.2. The van der Waals surface area contributed by atoms with E-state index in [2.05, 4.69) is 6.58 Å². The molecule has 1 heterocycles. The van der Waals surface area contributed by atoms with E-state index in [-0.39, 0.29) is 23.2 Å². The van der Waals surface area contributed by atoms with Crippen molar-refractivity contribution in [1.29, 1.82) is 0 Å². The molecule has 1 aliphatic rings. The van der Waals surface area contributed by atoms with E-state index < -0.39 is 36.0 Å². The van der Waals surface area contributed by atoms with Crippen LogP contribution < -0.4 is 0 Å². The SMILES string of the molecule is C=CCN1C(=O)c2ccc(C(=O)OCC(=O)OC(C)(C)C)cc2C1=O. The van der Waals surface area contributed by atoms with Crippen LogP contribution in [0.4, 0.5) is 0 Å². The Labute approximate surface area is 145 Å². The van der Waals surface area contributed by atoms with Crippen molar-refractivity contribution in [3.05, 3.63) is 47.5 Å². The molecule has 7 heteroatoms. The standard InChI is InChI=1S/C18H19NO6/c1-5-8-19-15(21)12-7-6-11(9-13(12)16(19)22)17(23)24-10-14(20)25-18(2,3)4/h5-7,9H,1,8,10H2,2-4H3. The van der Waals surface area contributed by atoms with Crippen molar-refractivity contribution in [2.24, 2.45) is 0 Å². The second-order valence-corrected chi connectivity index (χ2v) is 6.43. The van der Waals surface area contributed by atoms with Gasteiger partial charge in [-0.15, -0.1) is 6.58 Å². The summed E-state index contributed by atoms with van der Waals surface area (Å²) in [6, 6.07) is 4.05. The number of benzene rings is 1.